The van der Waals surface area contributed by atoms with E-state index in [2.05, 4.69) is 4.74 Å². The minimum atomic E-state index is -4.87. The predicted octanol–water partition coefficient (Wildman–Crippen LogP) is 1.07. The second-order valence-corrected chi connectivity index (χ2v) is 2.32. The summed E-state index contributed by atoms with van der Waals surface area (Å²) in [5.74, 6) is -1.15. The van der Waals surface area contributed by atoms with Gasteiger partial charge < -0.3 is 4.74 Å². The van der Waals surface area contributed by atoms with Gasteiger partial charge in [0.25, 0.3) is 5.60 Å². The molecule has 0 aliphatic carbocycles. The van der Waals surface area contributed by atoms with Crippen molar-refractivity contribution in [1.82, 2.24) is 0 Å². The SMILES string of the molecule is CC(=O)O[C@](C)(C=O)C(F)(F)F. The average molecular weight is 184 g/mol. The summed E-state index contributed by atoms with van der Waals surface area (Å²) in [5.41, 5.74) is -3.03. The summed E-state index contributed by atoms with van der Waals surface area (Å²) in [6, 6.07) is 0. The Kier molecular flexibility index (Phi) is 2.84. The van der Waals surface area contributed by atoms with E-state index in [0.29, 0.717) is 6.92 Å². The fraction of sp³-hybridized carbons (Fsp3) is 0.667. The van der Waals surface area contributed by atoms with Gasteiger partial charge in [0.05, 0.1) is 0 Å². The predicted molar refractivity (Wildman–Crippen MR) is 32.3 cm³/mol. The van der Waals surface area contributed by atoms with E-state index in [4.69, 9.17) is 0 Å². The first-order chi connectivity index (χ1) is 5.23. The van der Waals surface area contributed by atoms with Crippen LogP contribution in [-0.4, -0.2) is 24.0 Å². The van der Waals surface area contributed by atoms with Crippen molar-refractivity contribution in [1.29, 1.82) is 0 Å². The Morgan fingerprint density at radius 1 is 1.42 bits per heavy atom. The van der Waals surface area contributed by atoms with Crippen LogP contribution in [0, 0.1) is 0 Å². The Labute approximate surface area is 66.5 Å². The Hall–Kier alpha value is -1.07. The normalized spacial score (nSPS) is 16.4. The molecule has 0 unspecified atom stereocenters. The highest BCUT2D eigenvalue weighted by molar-refractivity contribution is 5.73. The maximum Gasteiger partial charge on any atom is 0.435 e. The number of aldehydes is 1. The quantitative estimate of drug-likeness (QED) is 0.476. The first-order valence-electron chi connectivity index (χ1n) is 2.95. The maximum absolute atomic E-state index is 12.0. The molecule has 0 saturated heterocycles. The molecule has 0 amide bonds. The third kappa shape index (κ3) is 2.21. The lowest BCUT2D eigenvalue weighted by molar-refractivity contribution is -0.249. The molecule has 70 valence electrons. The number of alkyl halides is 3. The minimum absolute atomic E-state index is 0.450. The molecule has 0 aliphatic rings. The van der Waals surface area contributed by atoms with Gasteiger partial charge in [0, 0.05) is 6.92 Å². The first-order valence-corrected chi connectivity index (χ1v) is 2.95. The minimum Gasteiger partial charge on any atom is -0.442 e. The molecule has 3 nitrogen and oxygen atoms in total. The van der Waals surface area contributed by atoms with E-state index in [9.17, 15) is 22.8 Å². The van der Waals surface area contributed by atoms with Crippen molar-refractivity contribution in [2.45, 2.75) is 25.6 Å². The zero-order chi connectivity index (χ0) is 9.99. The summed E-state index contributed by atoms with van der Waals surface area (Å²) in [6.45, 7) is 1.29. The van der Waals surface area contributed by atoms with Gasteiger partial charge in [0.1, 0.15) is 0 Å². The third-order valence-electron chi connectivity index (χ3n) is 1.14. The van der Waals surface area contributed by atoms with Crippen LogP contribution in [0.5, 0.6) is 0 Å². The number of carbonyl (C=O) groups excluding carboxylic acids is 2. The van der Waals surface area contributed by atoms with Crippen LogP contribution in [0.4, 0.5) is 13.2 Å². The van der Waals surface area contributed by atoms with Gasteiger partial charge in [-0.15, -0.1) is 0 Å². The van der Waals surface area contributed by atoms with Gasteiger partial charge >= 0.3 is 12.1 Å². The van der Waals surface area contributed by atoms with Crippen LogP contribution < -0.4 is 0 Å². The lowest BCUT2D eigenvalue weighted by Crippen LogP contribution is -2.47. The summed E-state index contributed by atoms with van der Waals surface area (Å²) in [4.78, 5) is 20.2. The topological polar surface area (TPSA) is 43.4 Å². The van der Waals surface area contributed by atoms with Crippen LogP contribution in [0.2, 0.25) is 0 Å². The van der Waals surface area contributed by atoms with Crippen LogP contribution in [0.25, 0.3) is 0 Å². The maximum atomic E-state index is 12.0. The summed E-state index contributed by atoms with van der Waals surface area (Å²) < 4.78 is 39.7. The highest BCUT2D eigenvalue weighted by Gasteiger charge is 2.54. The molecule has 0 bridgehead atoms. The fourth-order valence-electron chi connectivity index (χ4n) is 0.447. The van der Waals surface area contributed by atoms with Gasteiger partial charge in [0.2, 0.25) is 0 Å². The Bertz CT molecular complexity index is 199. The van der Waals surface area contributed by atoms with E-state index in [-0.39, 0.29) is 0 Å². The van der Waals surface area contributed by atoms with E-state index in [1.54, 1.807) is 0 Å². The molecule has 0 saturated carbocycles. The summed E-state index contributed by atoms with van der Waals surface area (Å²) in [7, 11) is 0. The van der Waals surface area contributed by atoms with Gasteiger partial charge in [-0.2, -0.15) is 13.2 Å². The number of ether oxygens (including phenoxy) is 1. The van der Waals surface area contributed by atoms with Crippen molar-refractivity contribution in [3.05, 3.63) is 0 Å². The second kappa shape index (κ2) is 3.12. The molecule has 0 heterocycles. The second-order valence-electron chi connectivity index (χ2n) is 2.32. The molecule has 0 aromatic rings. The molecule has 12 heavy (non-hydrogen) atoms. The highest BCUT2D eigenvalue weighted by Crippen LogP contribution is 2.31. The van der Waals surface area contributed by atoms with Crippen molar-refractivity contribution in [2.75, 3.05) is 0 Å². The Morgan fingerprint density at radius 2 is 1.83 bits per heavy atom. The standard InChI is InChI=1S/C6H7F3O3/c1-4(11)12-5(2,3-10)6(7,8)9/h3H,1-2H3/t5-/m1/s1. The van der Waals surface area contributed by atoms with Gasteiger partial charge in [0.15, 0.2) is 6.29 Å². The number of carbonyl (C=O) groups is 2. The van der Waals surface area contributed by atoms with E-state index in [1.165, 1.54) is 0 Å². The fourth-order valence-corrected chi connectivity index (χ4v) is 0.447. The molecule has 1 atom stereocenters. The Balaban J connectivity index is 4.68. The van der Waals surface area contributed by atoms with Crippen LogP contribution in [0.1, 0.15) is 13.8 Å². The molecule has 0 rings (SSSR count). The molecule has 0 spiro atoms. The van der Waals surface area contributed by atoms with Gasteiger partial charge in [-0.25, -0.2) is 0 Å². The van der Waals surface area contributed by atoms with Crippen LogP contribution in [0.15, 0.2) is 0 Å². The number of hydrogen-bond donors (Lipinski definition) is 0. The molecular weight excluding hydrogens is 177 g/mol. The number of rotatable bonds is 2. The molecule has 6 heteroatoms. The zero-order valence-corrected chi connectivity index (χ0v) is 6.44. The molecule has 0 aromatic heterocycles. The number of esters is 1. The van der Waals surface area contributed by atoms with E-state index in [0.717, 1.165) is 6.92 Å². The average Bonchev–Trinajstić information content (AvgIpc) is 1.83. The zero-order valence-electron chi connectivity index (χ0n) is 6.44. The van der Waals surface area contributed by atoms with Crippen LogP contribution in [-0.2, 0) is 14.3 Å². The Morgan fingerprint density at radius 3 is 1.92 bits per heavy atom. The third-order valence-corrected chi connectivity index (χ3v) is 1.14. The molecule has 0 aromatic carbocycles. The molecule has 0 radical (unpaired) electrons. The van der Waals surface area contributed by atoms with Gasteiger partial charge in [-0.05, 0) is 6.92 Å². The van der Waals surface area contributed by atoms with Crippen molar-refractivity contribution < 1.29 is 27.5 Å². The van der Waals surface area contributed by atoms with Crippen molar-refractivity contribution >= 4 is 12.3 Å². The number of halogens is 3. The first kappa shape index (κ1) is 10.9. The van der Waals surface area contributed by atoms with Gasteiger partial charge in [-0.3, -0.25) is 9.59 Å². The van der Waals surface area contributed by atoms with E-state index >= 15 is 0 Å². The lowest BCUT2D eigenvalue weighted by Gasteiger charge is -2.25. The molecular formula is C6H7F3O3. The molecule has 0 fully saturated rings. The van der Waals surface area contributed by atoms with E-state index < -0.39 is 24.0 Å². The van der Waals surface area contributed by atoms with Crippen molar-refractivity contribution in [3.8, 4) is 0 Å². The molecule has 0 aliphatic heterocycles. The molecule has 0 N–H and O–H groups in total. The largest absolute Gasteiger partial charge is 0.442 e. The summed E-state index contributed by atoms with van der Waals surface area (Å²) >= 11 is 0. The smallest absolute Gasteiger partial charge is 0.435 e. The van der Waals surface area contributed by atoms with Crippen molar-refractivity contribution in [2.24, 2.45) is 0 Å². The van der Waals surface area contributed by atoms with Crippen molar-refractivity contribution in [3.63, 3.8) is 0 Å². The highest BCUT2D eigenvalue weighted by atomic mass is 19.4. The number of hydrogen-bond acceptors (Lipinski definition) is 3. The summed E-state index contributed by atoms with van der Waals surface area (Å²) in [5, 5.41) is 0. The lowest BCUT2D eigenvalue weighted by atomic mass is 10.1. The summed E-state index contributed by atoms with van der Waals surface area (Å²) in [6.07, 6.45) is -5.32. The monoisotopic (exact) mass is 184 g/mol. The van der Waals surface area contributed by atoms with Crippen LogP contribution in [0.3, 0.4) is 0 Å². The van der Waals surface area contributed by atoms with Crippen LogP contribution >= 0.6 is 0 Å². The van der Waals surface area contributed by atoms with Gasteiger partial charge in [-0.1, -0.05) is 0 Å². The van der Waals surface area contributed by atoms with E-state index in [1.807, 2.05) is 0 Å².